The number of aliphatic imine (C=N–C) groups is 1. The first kappa shape index (κ1) is 22.8. The van der Waals surface area contributed by atoms with Gasteiger partial charge >= 0.3 is 6.03 Å². The molecule has 2 aromatic carbocycles. The monoisotopic (exact) mass is 486 g/mol. The molecule has 1 aliphatic heterocycles. The molecule has 1 unspecified atom stereocenters. The number of fused-ring (bicyclic) bond motifs is 3. The first-order valence-corrected chi connectivity index (χ1v) is 12.1. The van der Waals surface area contributed by atoms with Gasteiger partial charge in [-0.25, -0.2) is 4.79 Å². The lowest BCUT2D eigenvalue weighted by Gasteiger charge is -2.16. The lowest BCUT2D eigenvalue weighted by atomic mass is 9.96. The minimum atomic E-state index is -0.750. The summed E-state index contributed by atoms with van der Waals surface area (Å²) in [5.41, 5.74) is 5.71. The quantitative estimate of drug-likeness (QED) is 0.412. The lowest BCUT2D eigenvalue weighted by Crippen LogP contribution is -2.33. The van der Waals surface area contributed by atoms with Crippen LogP contribution in [0.1, 0.15) is 44.9 Å². The number of methoxy groups -OCH3 is 1. The third-order valence-corrected chi connectivity index (χ3v) is 7.37. The number of urea groups is 1. The predicted molar refractivity (Wildman–Crippen MR) is 138 cm³/mol. The van der Waals surface area contributed by atoms with Crippen LogP contribution < -0.4 is 15.4 Å². The third kappa shape index (κ3) is 3.97. The molecule has 1 atom stereocenters. The summed E-state index contributed by atoms with van der Waals surface area (Å²) in [6.45, 7) is 8.20. The van der Waals surface area contributed by atoms with Crippen molar-refractivity contribution in [1.82, 2.24) is 20.1 Å². The van der Waals surface area contributed by atoms with E-state index in [4.69, 9.17) is 9.73 Å². The number of benzene rings is 2. The van der Waals surface area contributed by atoms with Gasteiger partial charge in [-0.15, -0.1) is 21.5 Å². The molecule has 178 valence electrons. The van der Waals surface area contributed by atoms with Crippen LogP contribution in [0.2, 0.25) is 0 Å². The molecule has 0 saturated carbocycles. The molecule has 3 heterocycles. The molecule has 1 aliphatic rings. The van der Waals surface area contributed by atoms with Crippen LogP contribution in [0.4, 0.5) is 10.5 Å². The molecule has 5 rings (SSSR count). The number of nitrogens with one attached hydrogen (secondary N) is 2. The lowest BCUT2D eigenvalue weighted by molar-refractivity contribution is 0.248. The number of anilines is 1. The van der Waals surface area contributed by atoms with Crippen LogP contribution >= 0.6 is 11.3 Å². The Hall–Kier alpha value is -3.98. The Balaban J connectivity index is 1.63. The average molecular weight is 487 g/mol. The number of para-hydroxylation sites is 2. The zero-order valence-corrected chi connectivity index (χ0v) is 21.0. The van der Waals surface area contributed by atoms with E-state index in [-0.39, 0.29) is 0 Å². The van der Waals surface area contributed by atoms with Crippen LogP contribution in [0.3, 0.4) is 0 Å². The number of nitrogens with zero attached hydrogens (tertiary/aromatic N) is 4. The molecule has 0 saturated heterocycles. The molecule has 35 heavy (non-hydrogen) atoms. The molecule has 0 bridgehead atoms. The van der Waals surface area contributed by atoms with Crippen molar-refractivity contribution < 1.29 is 9.53 Å². The molecule has 9 heteroatoms. The van der Waals surface area contributed by atoms with Gasteiger partial charge in [0.25, 0.3) is 0 Å². The van der Waals surface area contributed by atoms with Crippen molar-refractivity contribution in [2.45, 2.75) is 33.9 Å². The number of ether oxygens (including phenoxy) is 1. The Morgan fingerprint density at radius 3 is 2.54 bits per heavy atom. The van der Waals surface area contributed by atoms with Crippen LogP contribution in [0.25, 0.3) is 5.00 Å². The maximum Gasteiger partial charge on any atom is 0.321 e. The highest BCUT2D eigenvalue weighted by Gasteiger charge is 2.32. The van der Waals surface area contributed by atoms with Gasteiger partial charge in [-0.3, -0.25) is 9.56 Å². The number of hydrogen-bond acceptors (Lipinski definition) is 6. The topological polar surface area (TPSA) is 93.4 Å². The number of aryl methyl sites for hydroxylation is 3. The fourth-order valence-corrected chi connectivity index (χ4v) is 5.49. The van der Waals surface area contributed by atoms with Crippen LogP contribution in [0, 0.1) is 27.7 Å². The SMILES string of the molecule is COc1ccccc1NC(=O)NC1N=C(c2ccccc2C)c2c(sc(C)c2C)-n2c(C)nnc21. The van der Waals surface area contributed by atoms with E-state index >= 15 is 0 Å². The van der Waals surface area contributed by atoms with Crippen LogP contribution in [0.15, 0.2) is 53.5 Å². The van der Waals surface area contributed by atoms with Crippen molar-refractivity contribution in [3.05, 3.63) is 87.3 Å². The Labute approximate surface area is 207 Å². The van der Waals surface area contributed by atoms with Gasteiger partial charge in [0.15, 0.2) is 12.0 Å². The highest BCUT2D eigenvalue weighted by atomic mass is 32.1. The molecule has 2 amide bonds. The Morgan fingerprint density at radius 2 is 1.77 bits per heavy atom. The molecular formula is C26H26N6O2S. The number of thiophene rings is 1. The van der Waals surface area contributed by atoms with Gasteiger partial charge in [0, 0.05) is 16.0 Å². The largest absolute Gasteiger partial charge is 0.495 e. The summed E-state index contributed by atoms with van der Waals surface area (Å²) in [4.78, 5) is 19.4. The van der Waals surface area contributed by atoms with Gasteiger partial charge in [0.05, 0.1) is 18.5 Å². The number of amides is 2. The minimum absolute atomic E-state index is 0.419. The second kappa shape index (κ2) is 8.99. The van der Waals surface area contributed by atoms with Crippen molar-refractivity contribution >= 4 is 28.8 Å². The fraction of sp³-hybridized carbons (Fsp3) is 0.231. The number of hydrogen-bond donors (Lipinski definition) is 2. The second-order valence-corrected chi connectivity index (χ2v) is 9.60. The van der Waals surface area contributed by atoms with E-state index in [2.05, 4.69) is 53.7 Å². The molecule has 0 aliphatic carbocycles. The Morgan fingerprint density at radius 1 is 1.03 bits per heavy atom. The highest BCUT2D eigenvalue weighted by Crippen LogP contribution is 2.38. The van der Waals surface area contributed by atoms with E-state index < -0.39 is 12.2 Å². The minimum Gasteiger partial charge on any atom is -0.495 e. The maximum atomic E-state index is 13.1. The molecule has 2 N–H and O–H groups in total. The van der Waals surface area contributed by atoms with Gasteiger partial charge < -0.3 is 15.4 Å². The normalized spacial score (nSPS) is 14.4. The summed E-state index contributed by atoms with van der Waals surface area (Å²) < 4.78 is 7.37. The van der Waals surface area contributed by atoms with Gasteiger partial charge in [-0.05, 0) is 51.0 Å². The van der Waals surface area contributed by atoms with E-state index in [1.54, 1.807) is 30.6 Å². The van der Waals surface area contributed by atoms with E-state index in [0.717, 1.165) is 38.8 Å². The van der Waals surface area contributed by atoms with Crippen LogP contribution in [-0.2, 0) is 0 Å². The van der Waals surface area contributed by atoms with Crippen molar-refractivity contribution in [1.29, 1.82) is 0 Å². The summed E-state index contributed by atoms with van der Waals surface area (Å²) in [5, 5.41) is 15.6. The standard InChI is InChI=1S/C26H26N6O2S/c1-14-10-6-7-11-18(14)22-21-15(2)16(3)35-25(21)32-17(4)30-31-24(32)23(28-22)29-26(33)27-19-12-8-9-13-20(19)34-5/h6-13,23H,1-5H3,(H2,27,29,33). The average Bonchev–Trinajstić information content (AvgIpc) is 3.32. The van der Waals surface area contributed by atoms with Crippen LogP contribution in [0.5, 0.6) is 5.75 Å². The molecule has 2 aromatic heterocycles. The molecule has 0 fully saturated rings. The maximum absolute atomic E-state index is 13.1. The van der Waals surface area contributed by atoms with Crippen molar-refractivity contribution in [2.24, 2.45) is 4.99 Å². The van der Waals surface area contributed by atoms with E-state index in [1.165, 1.54) is 4.88 Å². The summed E-state index contributed by atoms with van der Waals surface area (Å²) in [6, 6.07) is 15.0. The molecular weight excluding hydrogens is 460 g/mol. The van der Waals surface area contributed by atoms with Crippen molar-refractivity contribution in [2.75, 3.05) is 12.4 Å². The number of carbonyl (C=O) groups is 1. The summed E-state index contributed by atoms with van der Waals surface area (Å²) in [5.74, 6) is 1.87. The third-order valence-electron chi connectivity index (χ3n) is 6.18. The van der Waals surface area contributed by atoms with Gasteiger partial charge in [-0.2, -0.15) is 0 Å². The van der Waals surface area contributed by atoms with E-state index in [9.17, 15) is 4.79 Å². The summed E-state index contributed by atoms with van der Waals surface area (Å²) in [7, 11) is 1.57. The molecule has 8 nitrogen and oxygen atoms in total. The fourth-order valence-electron chi connectivity index (χ4n) is 4.27. The first-order valence-electron chi connectivity index (χ1n) is 11.3. The van der Waals surface area contributed by atoms with E-state index in [0.29, 0.717) is 17.3 Å². The van der Waals surface area contributed by atoms with Crippen molar-refractivity contribution in [3.63, 3.8) is 0 Å². The Bertz CT molecular complexity index is 1470. The Kier molecular flexibility index (Phi) is 5.86. The van der Waals surface area contributed by atoms with E-state index in [1.807, 2.05) is 35.8 Å². The predicted octanol–water partition coefficient (Wildman–Crippen LogP) is 5.24. The number of rotatable bonds is 4. The summed E-state index contributed by atoms with van der Waals surface area (Å²) >= 11 is 1.68. The zero-order chi connectivity index (χ0) is 24.7. The summed E-state index contributed by atoms with van der Waals surface area (Å²) in [6.07, 6.45) is -0.750. The van der Waals surface area contributed by atoms with Gasteiger partial charge in [0.1, 0.15) is 16.6 Å². The first-order chi connectivity index (χ1) is 16.9. The zero-order valence-electron chi connectivity index (χ0n) is 20.2. The smallest absolute Gasteiger partial charge is 0.321 e. The van der Waals surface area contributed by atoms with Crippen molar-refractivity contribution in [3.8, 4) is 10.8 Å². The number of carbonyl (C=O) groups excluding carboxylic acids is 1. The molecule has 0 spiro atoms. The molecule has 0 radical (unpaired) electrons. The van der Waals surface area contributed by atoms with Gasteiger partial charge in [0.2, 0.25) is 0 Å². The van der Waals surface area contributed by atoms with Gasteiger partial charge in [-0.1, -0.05) is 36.4 Å². The molecule has 4 aromatic rings. The number of aromatic nitrogens is 3. The van der Waals surface area contributed by atoms with Crippen LogP contribution in [-0.4, -0.2) is 33.6 Å². The second-order valence-electron chi connectivity index (χ2n) is 8.40. The highest BCUT2D eigenvalue weighted by molar-refractivity contribution is 7.15.